The predicted octanol–water partition coefficient (Wildman–Crippen LogP) is 4.28. The third-order valence-corrected chi connectivity index (χ3v) is 7.04. The van der Waals surface area contributed by atoms with Crippen LogP contribution in [0.3, 0.4) is 0 Å². The van der Waals surface area contributed by atoms with Gasteiger partial charge in [0.05, 0.1) is 22.2 Å². The van der Waals surface area contributed by atoms with Crippen molar-refractivity contribution in [3.8, 4) is 5.75 Å². The van der Waals surface area contributed by atoms with Crippen molar-refractivity contribution in [2.75, 3.05) is 18.0 Å². The number of hydrogen-bond donors (Lipinski definition) is 1. The third kappa shape index (κ3) is 5.65. The molecule has 162 valence electrons. The molecule has 6 nitrogen and oxygen atoms in total. The van der Waals surface area contributed by atoms with E-state index in [1.807, 2.05) is 49.4 Å². The van der Waals surface area contributed by atoms with E-state index >= 15 is 0 Å². The van der Waals surface area contributed by atoms with Crippen molar-refractivity contribution in [2.24, 2.45) is 0 Å². The Kier molecular flexibility index (Phi) is 7.35. The van der Waals surface area contributed by atoms with Crippen LogP contribution in [-0.4, -0.2) is 28.0 Å². The van der Waals surface area contributed by atoms with Crippen LogP contribution in [0.15, 0.2) is 82.2 Å². The Morgan fingerprint density at radius 1 is 1.03 bits per heavy atom. The van der Waals surface area contributed by atoms with Crippen molar-refractivity contribution in [3.05, 3.63) is 88.4 Å². The number of anilines is 1. The van der Waals surface area contributed by atoms with Crippen molar-refractivity contribution < 1.29 is 17.9 Å². The Morgan fingerprint density at radius 3 is 2.32 bits per heavy atom. The first-order chi connectivity index (χ1) is 14.8. The number of carbonyl (C=O) groups excluding carboxylic acids is 1. The number of sulfonamides is 1. The number of halogens is 1. The molecule has 0 aromatic heterocycles. The van der Waals surface area contributed by atoms with E-state index < -0.39 is 15.9 Å². The fourth-order valence-corrected chi connectivity index (χ4v) is 5.08. The molecule has 0 saturated heterocycles. The minimum atomic E-state index is -4.01. The number of hydrogen-bond acceptors (Lipinski definition) is 4. The summed E-state index contributed by atoms with van der Waals surface area (Å²) in [5.41, 5.74) is 2.33. The van der Waals surface area contributed by atoms with Crippen LogP contribution in [0.2, 0.25) is 0 Å². The number of benzene rings is 3. The summed E-state index contributed by atoms with van der Waals surface area (Å²) in [6, 6.07) is 20.9. The van der Waals surface area contributed by atoms with Crippen LogP contribution in [0.4, 0.5) is 5.69 Å². The third-order valence-electron chi connectivity index (χ3n) is 4.65. The summed E-state index contributed by atoms with van der Waals surface area (Å²) in [4.78, 5) is 12.7. The van der Waals surface area contributed by atoms with E-state index in [0.29, 0.717) is 22.5 Å². The van der Waals surface area contributed by atoms with Gasteiger partial charge in [-0.05, 0) is 58.7 Å². The van der Waals surface area contributed by atoms with E-state index in [1.54, 1.807) is 18.2 Å². The van der Waals surface area contributed by atoms with Crippen molar-refractivity contribution in [2.45, 2.75) is 18.4 Å². The molecular formula is C23H23BrN2O4S. The number of ether oxygens (including phenoxy) is 1. The summed E-state index contributed by atoms with van der Waals surface area (Å²) in [5, 5.41) is 2.79. The van der Waals surface area contributed by atoms with Gasteiger partial charge in [-0.2, -0.15) is 0 Å². The number of nitrogens with zero attached hydrogens (tertiary/aromatic N) is 1. The van der Waals surface area contributed by atoms with E-state index in [-0.39, 0.29) is 11.4 Å². The Morgan fingerprint density at radius 2 is 1.71 bits per heavy atom. The number of rotatable bonds is 8. The van der Waals surface area contributed by atoms with Crippen LogP contribution in [0.5, 0.6) is 5.75 Å². The molecule has 31 heavy (non-hydrogen) atoms. The molecule has 0 radical (unpaired) electrons. The number of methoxy groups -OCH3 is 1. The van der Waals surface area contributed by atoms with E-state index in [4.69, 9.17) is 4.74 Å². The van der Waals surface area contributed by atoms with Crippen LogP contribution >= 0.6 is 15.9 Å². The van der Waals surface area contributed by atoms with Gasteiger partial charge in [0.2, 0.25) is 5.91 Å². The molecule has 0 aliphatic heterocycles. The zero-order chi connectivity index (χ0) is 22.4. The van der Waals surface area contributed by atoms with Crippen molar-refractivity contribution >= 4 is 37.5 Å². The summed E-state index contributed by atoms with van der Waals surface area (Å²) in [6.45, 7) is 1.88. The van der Waals surface area contributed by atoms with Gasteiger partial charge in [0.25, 0.3) is 10.0 Å². The number of aryl methyl sites for hydroxylation is 1. The monoisotopic (exact) mass is 502 g/mol. The van der Waals surface area contributed by atoms with E-state index in [1.165, 1.54) is 19.2 Å². The lowest BCUT2D eigenvalue weighted by molar-refractivity contribution is -0.119. The minimum absolute atomic E-state index is 0.0524. The van der Waals surface area contributed by atoms with Gasteiger partial charge < -0.3 is 10.1 Å². The van der Waals surface area contributed by atoms with E-state index in [9.17, 15) is 13.2 Å². The van der Waals surface area contributed by atoms with Crippen molar-refractivity contribution in [1.82, 2.24) is 5.32 Å². The molecule has 3 rings (SSSR count). The van der Waals surface area contributed by atoms with Gasteiger partial charge in [-0.25, -0.2) is 8.42 Å². The van der Waals surface area contributed by atoms with Gasteiger partial charge >= 0.3 is 0 Å². The van der Waals surface area contributed by atoms with Gasteiger partial charge in [-0.1, -0.05) is 48.0 Å². The summed E-state index contributed by atoms with van der Waals surface area (Å²) >= 11 is 3.33. The van der Waals surface area contributed by atoms with Crippen LogP contribution in [0.1, 0.15) is 11.1 Å². The molecule has 0 unspecified atom stereocenters. The second-order valence-electron chi connectivity index (χ2n) is 6.91. The highest BCUT2D eigenvalue weighted by Gasteiger charge is 2.28. The molecule has 0 aliphatic rings. The van der Waals surface area contributed by atoms with Crippen LogP contribution < -0.4 is 14.4 Å². The zero-order valence-electron chi connectivity index (χ0n) is 17.2. The molecule has 0 heterocycles. The predicted molar refractivity (Wildman–Crippen MR) is 125 cm³/mol. The first kappa shape index (κ1) is 22.8. The molecule has 1 N–H and O–H groups in total. The summed E-state index contributed by atoms with van der Waals surface area (Å²) in [7, 11) is -2.50. The second kappa shape index (κ2) is 9.98. The first-order valence-corrected chi connectivity index (χ1v) is 11.8. The molecule has 0 atom stereocenters. The molecule has 0 saturated carbocycles. The van der Waals surface area contributed by atoms with Crippen LogP contribution in [0.25, 0.3) is 0 Å². The van der Waals surface area contributed by atoms with Gasteiger partial charge in [0, 0.05) is 6.54 Å². The van der Waals surface area contributed by atoms with E-state index in [2.05, 4.69) is 21.2 Å². The Bertz CT molecular complexity index is 1150. The molecule has 8 heteroatoms. The highest BCUT2D eigenvalue weighted by atomic mass is 79.9. The van der Waals surface area contributed by atoms with Crippen LogP contribution in [0, 0.1) is 6.92 Å². The lowest BCUT2D eigenvalue weighted by Gasteiger charge is -2.24. The standard InChI is InChI=1S/C23H23BrN2O4S/c1-17-8-10-19(11-9-17)26(16-23(27)25-15-18-6-4-3-5-7-18)31(28,29)20-12-13-22(30-2)21(24)14-20/h3-14H,15-16H2,1-2H3,(H,25,27). The molecule has 3 aromatic carbocycles. The quantitative estimate of drug-likeness (QED) is 0.498. The van der Waals surface area contributed by atoms with Crippen LogP contribution in [-0.2, 0) is 21.4 Å². The maximum atomic E-state index is 13.5. The molecule has 0 spiro atoms. The highest BCUT2D eigenvalue weighted by molar-refractivity contribution is 9.10. The highest BCUT2D eigenvalue weighted by Crippen LogP contribution is 2.30. The summed E-state index contributed by atoms with van der Waals surface area (Å²) in [5.74, 6) is 0.113. The lowest BCUT2D eigenvalue weighted by atomic mass is 10.2. The smallest absolute Gasteiger partial charge is 0.264 e. The Balaban J connectivity index is 1.89. The van der Waals surface area contributed by atoms with Gasteiger partial charge in [-0.15, -0.1) is 0 Å². The molecule has 0 bridgehead atoms. The zero-order valence-corrected chi connectivity index (χ0v) is 19.6. The fraction of sp³-hybridized carbons (Fsp3) is 0.174. The Hall–Kier alpha value is -2.84. The SMILES string of the molecule is COc1ccc(S(=O)(=O)N(CC(=O)NCc2ccccc2)c2ccc(C)cc2)cc1Br. The largest absolute Gasteiger partial charge is 0.496 e. The number of nitrogens with one attached hydrogen (secondary N) is 1. The molecular weight excluding hydrogens is 480 g/mol. The normalized spacial score (nSPS) is 11.1. The van der Waals surface area contributed by atoms with Crippen molar-refractivity contribution in [1.29, 1.82) is 0 Å². The van der Waals surface area contributed by atoms with Gasteiger partial charge in [-0.3, -0.25) is 9.10 Å². The van der Waals surface area contributed by atoms with Crippen molar-refractivity contribution in [3.63, 3.8) is 0 Å². The van der Waals surface area contributed by atoms with Gasteiger partial charge in [0.15, 0.2) is 0 Å². The first-order valence-electron chi connectivity index (χ1n) is 9.55. The minimum Gasteiger partial charge on any atom is -0.496 e. The average Bonchev–Trinajstić information content (AvgIpc) is 2.77. The maximum Gasteiger partial charge on any atom is 0.264 e. The topological polar surface area (TPSA) is 75.7 Å². The molecule has 1 amide bonds. The second-order valence-corrected chi connectivity index (χ2v) is 9.62. The number of carbonyl (C=O) groups is 1. The fourth-order valence-electron chi connectivity index (χ4n) is 2.94. The number of amides is 1. The molecule has 3 aromatic rings. The Labute approximate surface area is 191 Å². The van der Waals surface area contributed by atoms with E-state index in [0.717, 1.165) is 15.4 Å². The molecule has 0 fully saturated rings. The van der Waals surface area contributed by atoms with Gasteiger partial charge in [0.1, 0.15) is 12.3 Å². The average molecular weight is 503 g/mol. The lowest BCUT2D eigenvalue weighted by Crippen LogP contribution is -2.40. The summed E-state index contributed by atoms with van der Waals surface area (Å²) in [6.07, 6.45) is 0. The maximum absolute atomic E-state index is 13.5. The molecule has 0 aliphatic carbocycles. The summed E-state index contributed by atoms with van der Waals surface area (Å²) < 4.78 is 33.7.